The van der Waals surface area contributed by atoms with Crippen LogP contribution in [-0.2, 0) is 17.8 Å². The van der Waals surface area contributed by atoms with E-state index in [9.17, 15) is 9.59 Å². The summed E-state index contributed by atoms with van der Waals surface area (Å²) in [6, 6.07) is 0. The molecule has 76 valence electrons. The quantitative estimate of drug-likeness (QED) is 0.684. The Kier molecular flexibility index (Phi) is 2.80. The predicted octanol–water partition coefficient (Wildman–Crippen LogP) is -0.377. The number of carboxylic acid groups (broad SMARTS) is 2. The molecule has 0 atom stereocenters. The minimum Gasteiger partial charge on any atom is -0.480 e. The Bertz CT molecular complexity index is 371. The molecule has 7 heteroatoms. The zero-order valence-corrected chi connectivity index (χ0v) is 7.47. The van der Waals surface area contributed by atoms with E-state index in [1.807, 2.05) is 0 Å². The van der Waals surface area contributed by atoms with Crippen molar-refractivity contribution in [1.29, 1.82) is 0 Å². The summed E-state index contributed by atoms with van der Waals surface area (Å²) in [5, 5.41) is 24.0. The standard InChI is InChI=1S/C7H9N3O4/c1-2-4-6(7(13)14)8-9-10(4)3-5(11)12/h2-3H2,1H3,(H,11,12)(H,13,14). The van der Waals surface area contributed by atoms with E-state index in [0.717, 1.165) is 4.68 Å². The molecule has 1 rings (SSSR count). The second-order valence-corrected chi connectivity index (χ2v) is 2.59. The largest absolute Gasteiger partial charge is 0.480 e. The lowest BCUT2D eigenvalue weighted by Crippen LogP contribution is -2.13. The SMILES string of the molecule is CCc1c(C(=O)O)nnn1CC(=O)O. The number of aromatic carboxylic acids is 1. The highest BCUT2D eigenvalue weighted by atomic mass is 16.4. The van der Waals surface area contributed by atoms with Gasteiger partial charge in [0.15, 0.2) is 5.69 Å². The third-order valence-corrected chi connectivity index (χ3v) is 1.66. The van der Waals surface area contributed by atoms with Crippen molar-refractivity contribution in [3.05, 3.63) is 11.4 Å². The van der Waals surface area contributed by atoms with Crippen LogP contribution in [0.25, 0.3) is 0 Å². The molecule has 0 saturated carbocycles. The first-order valence-electron chi connectivity index (χ1n) is 3.93. The highest BCUT2D eigenvalue weighted by Crippen LogP contribution is 2.06. The number of aliphatic carboxylic acids is 1. The molecule has 0 aromatic carbocycles. The van der Waals surface area contributed by atoms with Gasteiger partial charge in [0.25, 0.3) is 0 Å². The second-order valence-electron chi connectivity index (χ2n) is 2.59. The maximum atomic E-state index is 10.6. The summed E-state index contributed by atoms with van der Waals surface area (Å²) in [6.07, 6.45) is 0.377. The lowest BCUT2D eigenvalue weighted by molar-refractivity contribution is -0.138. The van der Waals surface area contributed by atoms with E-state index in [1.54, 1.807) is 6.92 Å². The third-order valence-electron chi connectivity index (χ3n) is 1.66. The summed E-state index contributed by atoms with van der Waals surface area (Å²) in [7, 11) is 0. The Hall–Kier alpha value is -1.92. The van der Waals surface area contributed by atoms with Gasteiger partial charge in [0.05, 0.1) is 5.69 Å². The molecule has 0 amide bonds. The van der Waals surface area contributed by atoms with Crippen molar-refractivity contribution in [3.8, 4) is 0 Å². The van der Waals surface area contributed by atoms with Crippen LogP contribution in [0.15, 0.2) is 0 Å². The molecule has 7 nitrogen and oxygen atoms in total. The van der Waals surface area contributed by atoms with Crippen LogP contribution in [0.5, 0.6) is 0 Å². The molecule has 0 unspecified atom stereocenters. The highest BCUT2D eigenvalue weighted by Gasteiger charge is 2.18. The normalized spacial score (nSPS) is 10.1. The van der Waals surface area contributed by atoms with Crippen LogP contribution in [0, 0.1) is 0 Å². The van der Waals surface area contributed by atoms with Gasteiger partial charge in [-0.15, -0.1) is 5.10 Å². The fraction of sp³-hybridized carbons (Fsp3) is 0.429. The van der Waals surface area contributed by atoms with Gasteiger partial charge in [0, 0.05) is 0 Å². The molecular formula is C7H9N3O4. The summed E-state index contributed by atoms with van der Waals surface area (Å²) in [6.45, 7) is 1.34. The van der Waals surface area contributed by atoms with Gasteiger partial charge in [0.1, 0.15) is 6.54 Å². The van der Waals surface area contributed by atoms with Crippen LogP contribution in [0.4, 0.5) is 0 Å². The molecule has 0 aliphatic rings. The molecule has 0 bridgehead atoms. The van der Waals surface area contributed by atoms with E-state index in [-0.39, 0.29) is 12.2 Å². The fourth-order valence-electron chi connectivity index (χ4n) is 1.10. The number of rotatable bonds is 4. The van der Waals surface area contributed by atoms with Gasteiger partial charge in [0.2, 0.25) is 0 Å². The van der Waals surface area contributed by atoms with Crippen LogP contribution in [0.2, 0.25) is 0 Å². The van der Waals surface area contributed by atoms with Crippen molar-refractivity contribution in [2.45, 2.75) is 19.9 Å². The Labute approximate surface area is 79.0 Å². The molecule has 0 fully saturated rings. The number of hydrogen-bond donors (Lipinski definition) is 2. The van der Waals surface area contributed by atoms with E-state index >= 15 is 0 Å². The fourth-order valence-corrected chi connectivity index (χ4v) is 1.10. The zero-order valence-electron chi connectivity index (χ0n) is 7.47. The third kappa shape index (κ3) is 1.87. The summed E-state index contributed by atoms with van der Waals surface area (Å²) in [4.78, 5) is 21.0. The highest BCUT2D eigenvalue weighted by molar-refractivity contribution is 5.86. The summed E-state index contributed by atoms with van der Waals surface area (Å²) in [5.74, 6) is -2.28. The number of hydrogen-bond acceptors (Lipinski definition) is 4. The van der Waals surface area contributed by atoms with Gasteiger partial charge in [-0.25, -0.2) is 9.48 Å². The van der Waals surface area contributed by atoms with Gasteiger partial charge in [-0.05, 0) is 6.42 Å². The van der Waals surface area contributed by atoms with Crippen molar-refractivity contribution < 1.29 is 19.8 Å². The Morgan fingerprint density at radius 2 is 2.07 bits per heavy atom. The van der Waals surface area contributed by atoms with Crippen LogP contribution < -0.4 is 0 Å². The summed E-state index contributed by atoms with van der Waals surface area (Å²) < 4.78 is 1.08. The molecule has 14 heavy (non-hydrogen) atoms. The molecule has 0 aliphatic carbocycles. The van der Waals surface area contributed by atoms with E-state index in [4.69, 9.17) is 10.2 Å². The summed E-state index contributed by atoms with van der Waals surface area (Å²) in [5.41, 5.74) is 0.133. The van der Waals surface area contributed by atoms with Crippen LogP contribution in [0.3, 0.4) is 0 Å². The van der Waals surface area contributed by atoms with E-state index in [0.29, 0.717) is 12.1 Å². The molecule has 0 spiro atoms. The van der Waals surface area contributed by atoms with Crippen LogP contribution >= 0.6 is 0 Å². The van der Waals surface area contributed by atoms with Gasteiger partial charge in [-0.2, -0.15) is 0 Å². The van der Waals surface area contributed by atoms with E-state index < -0.39 is 11.9 Å². The monoisotopic (exact) mass is 199 g/mol. The molecular weight excluding hydrogens is 190 g/mol. The number of carbonyl (C=O) groups is 2. The first-order valence-corrected chi connectivity index (χ1v) is 3.93. The van der Waals surface area contributed by atoms with Crippen LogP contribution in [-0.4, -0.2) is 37.1 Å². The zero-order chi connectivity index (χ0) is 10.7. The van der Waals surface area contributed by atoms with E-state index in [2.05, 4.69) is 10.3 Å². The minimum absolute atomic E-state index is 0.186. The lowest BCUT2D eigenvalue weighted by Gasteiger charge is -2.00. The van der Waals surface area contributed by atoms with Crippen molar-refractivity contribution in [2.75, 3.05) is 0 Å². The Morgan fingerprint density at radius 3 is 2.50 bits per heavy atom. The molecule has 2 N–H and O–H groups in total. The summed E-state index contributed by atoms with van der Waals surface area (Å²) >= 11 is 0. The maximum Gasteiger partial charge on any atom is 0.358 e. The first kappa shape index (κ1) is 10.2. The van der Waals surface area contributed by atoms with Crippen molar-refractivity contribution in [2.24, 2.45) is 0 Å². The first-order chi connectivity index (χ1) is 6.56. The lowest BCUT2D eigenvalue weighted by atomic mass is 10.2. The number of aromatic nitrogens is 3. The molecule has 0 aliphatic heterocycles. The van der Waals surface area contributed by atoms with Crippen molar-refractivity contribution >= 4 is 11.9 Å². The topological polar surface area (TPSA) is 105 Å². The van der Waals surface area contributed by atoms with Crippen molar-refractivity contribution in [3.63, 3.8) is 0 Å². The van der Waals surface area contributed by atoms with Gasteiger partial charge >= 0.3 is 11.9 Å². The average Bonchev–Trinajstić information content (AvgIpc) is 2.46. The molecule has 1 aromatic rings. The molecule has 0 radical (unpaired) electrons. The number of nitrogens with zero attached hydrogens (tertiary/aromatic N) is 3. The molecule has 1 heterocycles. The second kappa shape index (κ2) is 3.86. The smallest absolute Gasteiger partial charge is 0.358 e. The van der Waals surface area contributed by atoms with Gasteiger partial charge < -0.3 is 10.2 Å². The maximum absolute atomic E-state index is 10.6. The van der Waals surface area contributed by atoms with Crippen LogP contribution in [0.1, 0.15) is 23.1 Å². The Balaban J connectivity index is 3.07. The predicted molar refractivity (Wildman–Crippen MR) is 44.0 cm³/mol. The van der Waals surface area contributed by atoms with Gasteiger partial charge in [-0.1, -0.05) is 12.1 Å². The average molecular weight is 199 g/mol. The molecule has 0 saturated heterocycles. The van der Waals surface area contributed by atoms with Crippen molar-refractivity contribution in [1.82, 2.24) is 15.0 Å². The minimum atomic E-state index is -1.20. The number of carboxylic acids is 2. The van der Waals surface area contributed by atoms with Gasteiger partial charge in [-0.3, -0.25) is 4.79 Å². The van der Waals surface area contributed by atoms with E-state index in [1.165, 1.54) is 0 Å². The Morgan fingerprint density at radius 1 is 1.43 bits per heavy atom. The molecule has 1 aromatic heterocycles.